The molecular weight excluding hydrogens is 618 g/mol. The molecule has 8 nitrogen and oxygen atoms in total. The van der Waals surface area contributed by atoms with Crippen molar-refractivity contribution in [2.24, 2.45) is 0 Å². The maximum atomic E-state index is 14.8. The summed E-state index contributed by atoms with van der Waals surface area (Å²) in [6.07, 6.45) is 2.13. The molecule has 1 fully saturated rings. The first-order valence-electron chi connectivity index (χ1n) is 12.8. The van der Waals surface area contributed by atoms with E-state index >= 15 is 0 Å². The SMILES string of the molecule is C[C@@H](S[C@H]1CO[C@H](c2ccc(C(=O)Nc3ccc(Br)cc3)cc2)OC1)[C@](O)(Cn1cncn1)c1ccc(F)cc1F. The number of rotatable bonds is 9. The zero-order chi connectivity index (χ0) is 29.0. The molecule has 1 amide bonds. The molecule has 1 aromatic heterocycles. The van der Waals surface area contributed by atoms with Gasteiger partial charge in [-0.25, -0.2) is 18.4 Å². The number of hydrogen-bond donors (Lipinski definition) is 2. The van der Waals surface area contributed by atoms with E-state index in [0.29, 0.717) is 24.5 Å². The van der Waals surface area contributed by atoms with Gasteiger partial charge in [-0.1, -0.05) is 41.1 Å². The molecule has 2 heterocycles. The largest absolute Gasteiger partial charge is 0.382 e. The van der Waals surface area contributed by atoms with Gasteiger partial charge in [0, 0.05) is 38.2 Å². The molecule has 1 aliphatic heterocycles. The quantitative estimate of drug-likeness (QED) is 0.241. The van der Waals surface area contributed by atoms with Crippen LogP contribution >= 0.6 is 27.7 Å². The summed E-state index contributed by atoms with van der Waals surface area (Å²) in [6.45, 7) is 2.32. The van der Waals surface area contributed by atoms with Crippen molar-refractivity contribution in [1.29, 1.82) is 0 Å². The molecule has 0 radical (unpaired) electrons. The number of benzene rings is 3. The number of nitrogens with zero attached hydrogens (tertiary/aromatic N) is 3. The first-order chi connectivity index (χ1) is 19.7. The van der Waals surface area contributed by atoms with E-state index in [0.717, 1.165) is 22.2 Å². The minimum atomic E-state index is -1.72. The Morgan fingerprint density at radius 3 is 2.49 bits per heavy atom. The van der Waals surface area contributed by atoms with Gasteiger partial charge in [0.1, 0.15) is 29.9 Å². The van der Waals surface area contributed by atoms with E-state index in [-0.39, 0.29) is 23.3 Å². The van der Waals surface area contributed by atoms with Crippen molar-refractivity contribution < 1.29 is 28.2 Å². The van der Waals surface area contributed by atoms with Crippen LogP contribution < -0.4 is 5.32 Å². The number of nitrogens with one attached hydrogen (secondary N) is 1. The highest BCUT2D eigenvalue weighted by atomic mass is 79.9. The lowest BCUT2D eigenvalue weighted by Crippen LogP contribution is -2.43. The lowest BCUT2D eigenvalue weighted by atomic mass is 9.90. The highest BCUT2D eigenvalue weighted by molar-refractivity contribution is 9.10. The number of ether oxygens (including phenoxy) is 2. The van der Waals surface area contributed by atoms with E-state index in [1.807, 2.05) is 12.1 Å². The van der Waals surface area contributed by atoms with Crippen LogP contribution in [0.1, 0.15) is 34.7 Å². The molecule has 5 rings (SSSR count). The Hall–Kier alpha value is -3.16. The Bertz CT molecular complexity index is 1470. The fourth-order valence-corrected chi connectivity index (χ4v) is 6.10. The van der Waals surface area contributed by atoms with Crippen LogP contribution in [0, 0.1) is 11.6 Å². The van der Waals surface area contributed by atoms with Gasteiger partial charge in [0.25, 0.3) is 5.91 Å². The number of anilines is 1. The molecule has 2 atom stereocenters. The number of hydrogen-bond acceptors (Lipinski definition) is 7. The van der Waals surface area contributed by atoms with Gasteiger partial charge in [-0.05, 0) is 42.5 Å². The Kier molecular flexibility index (Phi) is 9.15. The van der Waals surface area contributed by atoms with Gasteiger partial charge in [0.15, 0.2) is 6.29 Å². The van der Waals surface area contributed by atoms with Crippen molar-refractivity contribution in [1.82, 2.24) is 14.8 Å². The van der Waals surface area contributed by atoms with Crippen LogP contribution in [0.15, 0.2) is 83.9 Å². The molecule has 3 aromatic carbocycles. The number of thioether (sulfide) groups is 1. The lowest BCUT2D eigenvalue weighted by Gasteiger charge is -2.37. The second-order valence-electron chi connectivity index (χ2n) is 9.62. The van der Waals surface area contributed by atoms with Gasteiger partial charge in [-0.2, -0.15) is 5.10 Å². The molecule has 1 aliphatic rings. The van der Waals surface area contributed by atoms with Crippen LogP contribution in [-0.4, -0.2) is 49.5 Å². The van der Waals surface area contributed by atoms with Gasteiger partial charge in [0.2, 0.25) is 0 Å². The number of carbonyl (C=O) groups excluding carboxylic acids is 1. The third kappa shape index (κ3) is 7.02. The van der Waals surface area contributed by atoms with E-state index in [1.54, 1.807) is 43.3 Å². The zero-order valence-electron chi connectivity index (χ0n) is 21.9. The Labute approximate surface area is 248 Å². The molecule has 2 N–H and O–H groups in total. The predicted octanol–water partition coefficient (Wildman–Crippen LogP) is 5.69. The summed E-state index contributed by atoms with van der Waals surface area (Å²) < 4.78 is 42.7. The molecule has 41 heavy (non-hydrogen) atoms. The summed E-state index contributed by atoms with van der Waals surface area (Å²) in [5.74, 6) is -1.80. The first-order valence-corrected chi connectivity index (χ1v) is 14.5. The summed E-state index contributed by atoms with van der Waals surface area (Å²) in [6, 6.07) is 17.4. The molecular formula is C29H27BrF2N4O4S. The standard InChI is InChI=1S/C29H27BrF2N4O4S/c1-18(29(38,15-36-17-33-16-34-36)25-11-8-22(31)12-26(25)32)41-24-13-39-28(40-14-24)20-4-2-19(3-5-20)27(37)35-23-9-6-21(30)7-10-23/h2-12,16-18,24,28,38H,13-15H2,1H3,(H,35,37)/t18-,24-,28-,29-/m1/s1. The highest BCUT2D eigenvalue weighted by Gasteiger charge is 2.41. The molecule has 1 saturated heterocycles. The second-order valence-corrected chi connectivity index (χ2v) is 12.2. The number of halogens is 3. The molecule has 0 bridgehead atoms. The monoisotopic (exact) mass is 644 g/mol. The number of aromatic nitrogens is 3. The minimum Gasteiger partial charge on any atom is -0.382 e. The van der Waals surface area contributed by atoms with Crippen molar-refractivity contribution >= 4 is 39.3 Å². The molecule has 214 valence electrons. The van der Waals surface area contributed by atoms with Crippen molar-refractivity contribution in [3.63, 3.8) is 0 Å². The third-order valence-electron chi connectivity index (χ3n) is 6.75. The fourth-order valence-electron chi connectivity index (χ4n) is 4.52. The van der Waals surface area contributed by atoms with Crippen LogP contribution in [0.5, 0.6) is 0 Å². The van der Waals surface area contributed by atoms with Crippen LogP contribution in [0.4, 0.5) is 14.5 Å². The Morgan fingerprint density at radius 2 is 1.85 bits per heavy atom. The predicted molar refractivity (Wildman–Crippen MR) is 154 cm³/mol. The smallest absolute Gasteiger partial charge is 0.255 e. The molecule has 4 aromatic rings. The zero-order valence-corrected chi connectivity index (χ0v) is 24.3. The number of amides is 1. The molecule has 12 heteroatoms. The summed E-state index contributed by atoms with van der Waals surface area (Å²) in [5, 5.41) is 17.9. The van der Waals surface area contributed by atoms with Crippen LogP contribution in [0.25, 0.3) is 0 Å². The molecule has 0 unspecified atom stereocenters. The highest BCUT2D eigenvalue weighted by Crippen LogP contribution is 2.39. The van der Waals surface area contributed by atoms with Gasteiger partial charge >= 0.3 is 0 Å². The van der Waals surface area contributed by atoms with Crippen molar-refractivity contribution in [3.05, 3.63) is 112 Å². The Balaban J connectivity index is 1.20. The van der Waals surface area contributed by atoms with Crippen LogP contribution in [0.2, 0.25) is 0 Å². The summed E-state index contributed by atoms with van der Waals surface area (Å²) in [7, 11) is 0. The summed E-state index contributed by atoms with van der Waals surface area (Å²) >= 11 is 4.76. The van der Waals surface area contributed by atoms with E-state index in [9.17, 15) is 18.7 Å². The van der Waals surface area contributed by atoms with Crippen LogP contribution in [0.3, 0.4) is 0 Å². The van der Waals surface area contributed by atoms with E-state index in [2.05, 4.69) is 31.3 Å². The molecule has 0 spiro atoms. The average Bonchev–Trinajstić information content (AvgIpc) is 3.47. The molecule has 0 saturated carbocycles. The maximum Gasteiger partial charge on any atom is 0.255 e. The van der Waals surface area contributed by atoms with Gasteiger partial charge < -0.3 is 19.9 Å². The normalized spacial score (nSPS) is 19.3. The van der Waals surface area contributed by atoms with E-state index in [1.165, 1.54) is 35.2 Å². The molecule has 0 aliphatic carbocycles. The number of aliphatic hydroxyl groups is 1. The van der Waals surface area contributed by atoms with E-state index in [4.69, 9.17) is 9.47 Å². The second kappa shape index (κ2) is 12.8. The number of carbonyl (C=O) groups is 1. The fraction of sp³-hybridized carbons (Fsp3) is 0.276. The van der Waals surface area contributed by atoms with E-state index < -0.39 is 28.8 Å². The van der Waals surface area contributed by atoms with Crippen molar-refractivity contribution in [3.8, 4) is 0 Å². The van der Waals surface area contributed by atoms with Crippen molar-refractivity contribution in [2.45, 2.75) is 35.9 Å². The minimum absolute atomic E-state index is 0.0332. The van der Waals surface area contributed by atoms with Gasteiger partial charge in [0.05, 0.1) is 25.0 Å². The average molecular weight is 646 g/mol. The van der Waals surface area contributed by atoms with Gasteiger partial charge in [-0.3, -0.25) is 4.79 Å². The lowest BCUT2D eigenvalue weighted by molar-refractivity contribution is -0.180. The topological polar surface area (TPSA) is 98.5 Å². The first kappa shape index (κ1) is 29.3. The maximum absolute atomic E-state index is 14.8. The summed E-state index contributed by atoms with van der Waals surface area (Å²) in [5.41, 5.74) is 0.190. The van der Waals surface area contributed by atoms with Gasteiger partial charge in [-0.15, -0.1) is 11.8 Å². The summed E-state index contributed by atoms with van der Waals surface area (Å²) in [4.78, 5) is 16.5. The van der Waals surface area contributed by atoms with Crippen molar-refractivity contribution in [2.75, 3.05) is 18.5 Å². The Morgan fingerprint density at radius 1 is 1.15 bits per heavy atom. The van der Waals surface area contributed by atoms with Crippen LogP contribution in [-0.2, 0) is 21.6 Å². The third-order valence-corrected chi connectivity index (χ3v) is 8.73.